The van der Waals surface area contributed by atoms with Gasteiger partial charge in [-0.3, -0.25) is 9.59 Å². The molecule has 182 valence electrons. The van der Waals surface area contributed by atoms with E-state index < -0.39 is 12.1 Å². The first-order valence-corrected chi connectivity index (χ1v) is 13.3. The molecule has 0 bridgehead atoms. The average molecular weight is 527 g/mol. The Hall–Kier alpha value is -2.75. The van der Waals surface area contributed by atoms with Crippen molar-refractivity contribution in [2.45, 2.75) is 12.1 Å². The third kappa shape index (κ3) is 7.37. The highest BCUT2D eigenvalue weighted by Crippen LogP contribution is 2.24. The Morgan fingerprint density at radius 3 is 1.40 bits per heavy atom. The summed E-state index contributed by atoms with van der Waals surface area (Å²) in [7, 11) is 2.86. The molecular formula is C26H27ClN4O2S2. The van der Waals surface area contributed by atoms with E-state index in [4.69, 9.17) is 11.5 Å². The van der Waals surface area contributed by atoms with Crippen LogP contribution in [0, 0.1) is 0 Å². The number of amides is 2. The van der Waals surface area contributed by atoms with E-state index in [1.165, 1.54) is 21.6 Å². The third-order valence-electron chi connectivity index (χ3n) is 5.29. The number of anilines is 2. The number of hydrogen-bond donors (Lipinski definition) is 4. The minimum absolute atomic E-state index is 0. The number of nitrogens with one attached hydrogen (secondary N) is 2. The van der Waals surface area contributed by atoms with Gasteiger partial charge in [0.1, 0.15) is 0 Å². The first-order chi connectivity index (χ1) is 16.5. The Labute approximate surface area is 218 Å². The zero-order chi connectivity index (χ0) is 23.9. The van der Waals surface area contributed by atoms with Crippen LogP contribution in [0.3, 0.4) is 0 Å². The van der Waals surface area contributed by atoms with Crippen LogP contribution in [0.1, 0.15) is 0 Å². The van der Waals surface area contributed by atoms with Crippen molar-refractivity contribution in [1.82, 2.24) is 0 Å². The number of halogens is 1. The molecule has 6 nitrogen and oxygen atoms in total. The first-order valence-electron chi connectivity index (χ1n) is 10.8. The number of fused-ring (bicyclic) bond motifs is 2. The van der Waals surface area contributed by atoms with Crippen LogP contribution < -0.4 is 22.1 Å². The van der Waals surface area contributed by atoms with Crippen molar-refractivity contribution in [2.24, 2.45) is 11.5 Å². The minimum atomic E-state index is -0.674. The van der Waals surface area contributed by atoms with Crippen molar-refractivity contribution in [1.29, 1.82) is 0 Å². The summed E-state index contributed by atoms with van der Waals surface area (Å²) in [6.07, 6.45) is 0. The average Bonchev–Trinajstić information content (AvgIpc) is 2.86. The second kappa shape index (κ2) is 12.8. The summed E-state index contributed by atoms with van der Waals surface area (Å²) >= 11 is 0. The van der Waals surface area contributed by atoms with E-state index in [1.807, 2.05) is 84.9 Å². The van der Waals surface area contributed by atoms with Crippen molar-refractivity contribution in [3.63, 3.8) is 0 Å². The van der Waals surface area contributed by atoms with Gasteiger partial charge in [-0.15, -0.1) is 12.4 Å². The van der Waals surface area contributed by atoms with Crippen molar-refractivity contribution in [3.8, 4) is 0 Å². The molecule has 0 aliphatic heterocycles. The molecule has 0 aromatic heterocycles. The summed E-state index contributed by atoms with van der Waals surface area (Å²) < 4.78 is 0. The predicted molar refractivity (Wildman–Crippen MR) is 153 cm³/mol. The monoisotopic (exact) mass is 526 g/mol. The summed E-state index contributed by atoms with van der Waals surface area (Å²) in [5, 5.41) is 10.1. The zero-order valence-corrected chi connectivity index (χ0v) is 21.3. The molecule has 4 rings (SSSR count). The topological polar surface area (TPSA) is 110 Å². The fraction of sp³-hybridized carbons (Fsp3) is 0.154. The second-order valence-electron chi connectivity index (χ2n) is 7.88. The van der Waals surface area contributed by atoms with Crippen LogP contribution in [0.25, 0.3) is 21.5 Å². The van der Waals surface area contributed by atoms with E-state index in [9.17, 15) is 9.59 Å². The van der Waals surface area contributed by atoms with Gasteiger partial charge in [0, 0.05) is 22.9 Å². The normalized spacial score (nSPS) is 12.5. The molecule has 9 heteroatoms. The molecule has 2 atom stereocenters. The Balaban J connectivity index is 0.00000342. The molecule has 0 aliphatic carbocycles. The molecule has 6 N–H and O–H groups in total. The first kappa shape index (κ1) is 26.8. The zero-order valence-electron chi connectivity index (χ0n) is 18.8. The van der Waals surface area contributed by atoms with Gasteiger partial charge in [0.25, 0.3) is 0 Å². The van der Waals surface area contributed by atoms with E-state index in [-0.39, 0.29) is 24.2 Å². The third-order valence-corrected chi connectivity index (χ3v) is 7.76. The lowest BCUT2D eigenvalue weighted by atomic mass is 10.1. The van der Waals surface area contributed by atoms with Crippen LogP contribution in [0.4, 0.5) is 11.4 Å². The van der Waals surface area contributed by atoms with Gasteiger partial charge < -0.3 is 22.1 Å². The second-order valence-corrected chi connectivity index (χ2v) is 10.4. The van der Waals surface area contributed by atoms with Gasteiger partial charge in [-0.05, 0) is 45.8 Å². The molecular weight excluding hydrogens is 500 g/mol. The summed E-state index contributed by atoms with van der Waals surface area (Å²) in [4.78, 5) is 24.9. The summed E-state index contributed by atoms with van der Waals surface area (Å²) in [6.45, 7) is 0. The smallest absolute Gasteiger partial charge is 0.242 e. The fourth-order valence-corrected chi connectivity index (χ4v) is 5.64. The molecule has 0 fully saturated rings. The van der Waals surface area contributed by atoms with E-state index in [0.717, 1.165) is 21.5 Å². The number of carbonyl (C=O) groups excluding carboxylic acids is 2. The molecule has 0 saturated heterocycles. The number of hydrogen-bond acceptors (Lipinski definition) is 6. The van der Waals surface area contributed by atoms with Crippen molar-refractivity contribution in [2.75, 3.05) is 22.1 Å². The van der Waals surface area contributed by atoms with Gasteiger partial charge in [0.15, 0.2) is 0 Å². The summed E-state index contributed by atoms with van der Waals surface area (Å²) in [6, 6.07) is 26.1. The lowest BCUT2D eigenvalue weighted by Crippen LogP contribution is -2.38. The van der Waals surface area contributed by atoms with Gasteiger partial charge in [-0.1, -0.05) is 82.3 Å². The molecule has 0 radical (unpaired) electrons. The van der Waals surface area contributed by atoms with Crippen LogP contribution in [0.2, 0.25) is 0 Å². The van der Waals surface area contributed by atoms with E-state index >= 15 is 0 Å². The number of carbonyl (C=O) groups is 2. The minimum Gasteiger partial charge on any atom is -0.325 e. The molecule has 35 heavy (non-hydrogen) atoms. The van der Waals surface area contributed by atoms with Gasteiger partial charge >= 0.3 is 0 Å². The lowest BCUT2D eigenvalue weighted by molar-refractivity contribution is -0.117. The highest BCUT2D eigenvalue weighted by atomic mass is 35.5. The van der Waals surface area contributed by atoms with Crippen molar-refractivity contribution >= 4 is 78.7 Å². The summed E-state index contributed by atoms with van der Waals surface area (Å²) in [5.41, 5.74) is 13.5. The van der Waals surface area contributed by atoms with Crippen LogP contribution in [0.15, 0.2) is 84.9 Å². The number of benzene rings is 4. The highest BCUT2D eigenvalue weighted by Gasteiger charge is 2.17. The molecule has 0 aliphatic rings. The standard InChI is InChI=1S/C26H26N4O2S2.ClH/c27-23(25(31)29-21-11-9-17-5-1-3-7-19(17)13-21)15-33-34-16-24(28)26(32)30-22-12-10-18-6-2-4-8-20(18)14-22;/h1-14,23-24H,15-16,27-28H2,(H,29,31)(H,30,32);1H/t23-,24-;/m1./s1. The van der Waals surface area contributed by atoms with Crippen LogP contribution in [-0.2, 0) is 9.59 Å². The van der Waals surface area contributed by atoms with Gasteiger partial charge in [-0.25, -0.2) is 0 Å². The van der Waals surface area contributed by atoms with Crippen LogP contribution in [-0.4, -0.2) is 35.4 Å². The van der Waals surface area contributed by atoms with Gasteiger partial charge in [-0.2, -0.15) is 0 Å². The van der Waals surface area contributed by atoms with Crippen LogP contribution in [0.5, 0.6) is 0 Å². The molecule has 0 heterocycles. The van der Waals surface area contributed by atoms with E-state index in [1.54, 1.807) is 0 Å². The molecule has 4 aromatic rings. The molecule has 0 spiro atoms. The maximum Gasteiger partial charge on any atom is 0.242 e. The predicted octanol–water partition coefficient (Wildman–Crippen LogP) is 5.03. The quantitative estimate of drug-likeness (QED) is 0.180. The largest absolute Gasteiger partial charge is 0.325 e. The maximum absolute atomic E-state index is 12.4. The van der Waals surface area contributed by atoms with Crippen molar-refractivity contribution in [3.05, 3.63) is 84.9 Å². The van der Waals surface area contributed by atoms with Crippen LogP contribution >= 0.6 is 34.0 Å². The molecule has 2 amide bonds. The molecule has 0 unspecified atom stereocenters. The van der Waals surface area contributed by atoms with E-state index in [0.29, 0.717) is 22.9 Å². The Bertz CT molecular complexity index is 1220. The Morgan fingerprint density at radius 1 is 0.629 bits per heavy atom. The van der Waals surface area contributed by atoms with E-state index in [2.05, 4.69) is 10.6 Å². The Morgan fingerprint density at radius 2 is 1.00 bits per heavy atom. The van der Waals surface area contributed by atoms with Crippen molar-refractivity contribution < 1.29 is 9.59 Å². The van der Waals surface area contributed by atoms with Gasteiger partial charge in [0.2, 0.25) is 11.8 Å². The summed E-state index contributed by atoms with van der Waals surface area (Å²) in [5.74, 6) is 0.315. The van der Waals surface area contributed by atoms with Gasteiger partial charge in [0.05, 0.1) is 12.1 Å². The molecule has 4 aromatic carbocycles. The SMILES string of the molecule is Cl.N[C@H](CSSC[C@@H](N)C(=O)Nc1ccc2ccccc2c1)C(=O)Nc1ccc2ccccc2c1. The Kier molecular flexibility index (Phi) is 9.83. The number of rotatable bonds is 9. The number of nitrogens with two attached hydrogens (primary N) is 2. The highest BCUT2D eigenvalue weighted by molar-refractivity contribution is 8.76. The molecule has 0 saturated carbocycles. The lowest BCUT2D eigenvalue weighted by Gasteiger charge is -2.14. The maximum atomic E-state index is 12.4. The fourth-order valence-electron chi connectivity index (χ4n) is 3.40.